The molecule has 2 aromatic rings. The fourth-order valence-electron chi connectivity index (χ4n) is 2.80. The summed E-state index contributed by atoms with van der Waals surface area (Å²) in [6, 6.07) is 7.61. The molecule has 3 rings (SSSR count). The highest BCUT2D eigenvalue weighted by Crippen LogP contribution is 2.30. The Morgan fingerprint density at radius 3 is 2.38 bits per heavy atom. The Hall–Kier alpha value is -1.88. The molecule has 0 N–H and O–H groups in total. The summed E-state index contributed by atoms with van der Waals surface area (Å²) in [5, 5.41) is 0. The van der Waals surface area contributed by atoms with E-state index >= 15 is 0 Å². The maximum Gasteiger partial charge on any atom is 0.416 e. The van der Waals surface area contributed by atoms with Gasteiger partial charge in [-0.2, -0.15) is 17.5 Å². The zero-order valence-electron chi connectivity index (χ0n) is 14.9. The zero-order chi connectivity index (χ0) is 21.2. The quantitative estimate of drug-likeness (QED) is 0.643. The summed E-state index contributed by atoms with van der Waals surface area (Å²) in [6.07, 6.45) is -1.95. The van der Waals surface area contributed by atoms with E-state index in [-0.39, 0.29) is 36.0 Å². The Kier molecular flexibility index (Phi) is 6.37. The molecule has 0 unspecified atom stereocenters. The summed E-state index contributed by atoms with van der Waals surface area (Å²) < 4.78 is 65.2. The van der Waals surface area contributed by atoms with Gasteiger partial charge in [-0.05, 0) is 35.9 Å². The number of carbonyl (C=O) groups is 1. The minimum absolute atomic E-state index is 0.126. The highest BCUT2D eigenvalue weighted by molar-refractivity contribution is 7.91. The van der Waals surface area contributed by atoms with Crippen LogP contribution in [0.1, 0.15) is 11.1 Å². The number of rotatable bonds is 4. The smallest absolute Gasteiger partial charge is 0.337 e. The third-order valence-corrected chi connectivity index (χ3v) is 7.92. The lowest BCUT2D eigenvalue weighted by Crippen LogP contribution is -2.50. The lowest BCUT2D eigenvalue weighted by molar-refractivity contribution is -0.137. The van der Waals surface area contributed by atoms with Crippen molar-refractivity contribution in [2.75, 3.05) is 26.2 Å². The SMILES string of the molecule is O=C(/C=C/c1cccc(C(F)(F)F)c1)N1CCN(S(=O)(=O)c2ccc(Cl)s2)CC1. The molecule has 0 saturated carbocycles. The van der Waals surface area contributed by atoms with Gasteiger partial charge < -0.3 is 4.90 Å². The van der Waals surface area contributed by atoms with Crippen LogP contribution in [0.2, 0.25) is 4.34 Å². The van der Waals surface area contributed by atoms with Gasteiger partial charge in [-0.15, -0.1) is 11.3 Å². The maximum atomic E-state index is 12.8. The number of thiophene rings is 1. The van der Waals surface area contributed by atoms with Crippen molar-refractivity contribution in [2.24, 2.45) is 0 Å². The van der Waals surface area contributed by atoms with Gasteiger partial charge in [0.15, 0.2) is 0 Å². The van der Waals surface area contributed by atoms with Crippen molar-refractivity contribution in [3.05, 3.63) is 57.9 Å². The number of halogens is 4. The van der Waals surface area contributed by atoms with Gasteiger partial charge in [0.1, 0.15) is 4.21 Å². The Labute approximate surface area is 175 Å². The third kappa shape index (κ3) is 5.19. The largest absolute Gasteiger partial charge is 0.416 e. The highest BCUT2D eigenvalue weighted by atomic mass is 35.5. The van der Waals surface area contributed by atoms with Gasteiger partial charge >= 0.3 is 6.18 Å². The number of alkyl halides is 3. The van der Waals surface area contributed by atoms with Gasteiger partial charge in [0.25, 0.3) is 10.0 Å². The van der Waals surface area contributed by atoms with Crippen LogP contribution in [0.15, 0.2) is 46.7 Å². The summed E-state index contributed by atoms with van der Waals surface area (Å²) in [4.78, 5) is 13.8. The van der Waals surface area contributed by atoms with Gasteiger partial charge in [0, 0.05) is 32.3 Å². The molecule has 0 atom stereocenters. The first-order valence-electron chi connectivity index (χ1n) is 8.47. The van der Waals surface area contributed by atoms with E-state index in [2.05, 4.69) is 0 Å². The van der Waals surface area contributed by atoms with E-state index in [0.29, 0.717) is 4.34 Å². The lowest BCUT2D eigenvalue weighted by Gasteiger charge is -2.33. The van der Waals surface area contributed by atoms with Crippen LogP contribution in [0, 0.1) is 0 Å². The summed E-state index contributed by atoms with van der Waals surface area (Å²) in [5.74, 6) is -0.390. The molecule has 1 aromatic heterocycles. The molecular weight excluding hydrogens is 449 g/mol. The predicted molar refractivity (Wildman–Crippen MR) is 105 cm³/mol. The Balaban J connectivity index is 1.61. The molecule has 0 bridgehead atoms. The van der Waals surface area contributed by atoms with Crippen molar-refractivity contribution in [2.45, 2.75) is 10.4 Å². The zero-order valence-corrected chi connectivity index (χ0v) is 17.3. The molecule has 1 fully saturated rings. The van der Waals surface area contributed by atoms with Crippen molar-refractivity contribution in [1.29, 1.82) is 0 Å². The van der Waals surface area contributed by atoms with Crippen LogP contribution in [0.4, 0.5) is 13.2 Å². The van der Waals surface area contributed by atoms with E-state index in [4.69, 9.17) is 11.6 Å². The molecule has 1 amide bonds. The Morgan fingerprint density at radius 2 is 1.79 bits per heavy atom. The summed E-state index contributed by atoms with van der Waals surface area (Å²) in [5.41, 5.74) is -0.538. The van der Waals surface area contributed by atoms with Crippen LogP contribution >= 0.6 is 22.9 Å². The van der Waals surface area contributed by atoms with E-state index in [1.807, 2.05) is 0 Å². The number of hydrogen-bond donors (Lipinski definition) is 0. The molecule has 0 spiro atoms. The van der Waals surface area contributed by atoms with Crippen LogP contribution in [0.5, 0.6) is 0 Å². The van der Waals surface area contributed by atoms with E-state index in [9.17, 15) is 26.4 Å². The third-order valence-electron chi connectivity index (χ3n) is 4.33. The molecule has 0 radical (unpaired) electrons. The van der Waals surface area contributed by atoms with Crippen molar-refractivity contribution < 1.29 is 26.4 Å². The highest BCUT2D eigenvalue weighted by Gasteiger charge is 2.31. The fraction of sp³-hybridized carbons (Fsp3) is 0.278. The molecule has 11 heteroatoms. The van der Waals surface area contributed by atoms with E-state index in [0.717, 1.165) is 23.5 Å². The Bertz CT molecular complexity index is 1030. The molecule has 1 aromatic carbocycles. The normalized spacial score (nSPS) is 16.5. The second kappa shape index (κ2) is 8.47. The number of benzene rings is 1. The van der Waals surface area contributed by atoms with Gasteiger partial charge in [-0.25, -0.2) is 8.42 Å². The molecule has 0 aliphatic carbocycles. The predicted octanol–water partition coefficient (Wildman–Crippen LogP) is 3.97. The second-order valence-corrected chi connectivity index (χ2v) is 10.1. The molecule has 156 valence electrons. The second-order valence-electron chi connectivity index (χ2n) is 6.24. The van der Waals surface area contributed by atoms with E-state index < -0.39 is 27.7 Å². The van der Waals surface area contributed by atoms with Gasteiger partial charge in [0.05, 0.1) is 9.90 Å². The van der Waals surface area contributed by atoms with Crippen LogP contribution in [-0.4, -0.2) is 49.7 Å². The monoisotopic (exact) mass is 464 g/mol. The summed E-state index contributed by atoms with van der Waals surface area (Å²) in [7, 11) is -3.66. The number of sulfonamides is 1. The van der Waals surface area contributed by atoms with Gasteiger partial charge in [-0.3, -0.25) is 4.79 Å². The van der Waals surface area contributed by atoms with Crippen molar-refractivity contribution >= 4 is 44.9 Å². The number of nitrogens with zero attached hydrogens (tertiary/aromatic N) is 2. The number of hydrogen-bond acceptors (Lipinski definition) is 4. The minimum atomic E-state index is -4.46. The first kappa shape index (κ1) is 21.8. The Morgan fingerprint density at radius 1 is 1.10 bits per heavy atom. The average molecular weight is 465 g/mol. The molecule has 29 heavy (non-hydrogen) atoms. The van der Waals surface area contributed by atoms with Crippen LogP contribution in [0.3, 0.4) is 0 Å². The molecule has 1 saturated heterocycles. The van der Waals surface area contributed by atoms with Crippen LogP contribution < -0.4 is 0 Å². The van der Waals surface area contributed by atoms with E-state index in [1.54, 1.807) is 0 Å². The van der Waals surface area contributed by atoms with Gasteiger partial charge in [0.2, 0.25) is 5.91 Å². The molecule has 1 aliphatic heterocycles. The van der Waals surface area contributed by atoms with Crippen LogP contribution in [0.25, 0.3) is 6.08 Å². The van der Waals surface area contributed by atoms with Crippen molar-refractivity contribution in [3.63, 3.8) is 0 Å². The number of carbonyl (C=O) groups excluding carboxylic acids is 1. The topological polar surface area (TPSA) is 57.7 Å². The standard InChI is InChI=1S/C18H16ClF3N2O3S2/c19-15-5-7-17(28-15)29(26,27)24-10-8-23(9-11-24)16(25)6-4-13-2-1-3-14(12-13)18(20,21)22/h1-7,12H,8-11H2/b6-4+. The van der Waals surface area contributed by atoms with Crippen molar-refractivity contribution in [3.8, 4) is 0 Å². The van der Waals surface area contributed by atoms with Crippen LogP contribution in [-0.2, 0) is 21.0 Å². The molecule has 1 aliphatic rings. The first-order chi connectivity index (χ1) is 13.6. The summed E-state index contributed by atoms with van der Waals surface area (Å²) in [6.45, 7) is 0.621. The number of amides is 1. The van der Waals surface area contributed by atoms with Crippen molar-refractivity contribution in [1.82, 2.24) is 9.21 Å². The maximum absolute atomic E-state index is 12.8. The first-order valence-corrected chi connectivity index (χ1v) is 11.1. The minimum Gasteiger partial charge on any atom is -0.337 e. The van der Waals surface area contributed by atoms with E-state index in [1.165, 1.54) is 45.6 Å². The molecule has 5 nitrogen and oxygen atoms in total. The fourth-order valence-corrected chi connectivity index (χ4v) is 5.86. The average Bonchev–Trinajstić information content (AvgIpc) is 3.13. The molecular formula is C18H16ClF3N2O3S2. The molecule has 2 heterocycles. The summed E-state index contributed by atoms with van der Waals surface area (Å²) >= 11 is 6.77. The number of piperazine rings is 1. The van der Waals surface area contributed by atoms with Gasteiger partial charge in [-0.1, -0.05) is 23.7 Å². The lowest BCUT2D eigenvalue weighted by atomic mass is 10.1.